The van der Waals surface area contributed by atoms with Gasteiger partial charge in [-0.1, -0.05) is 5.92 Å². The molecular formula is C63H80N24O18S4. The number of nitrogens with two attached hydrogens (primary N) is 4. The highest BCUT2D eigenvalue weighted by Gasteiger charge is 2.17. The van der Waals surface area contributed by atoms with Gasteiger partial charge in [-0.3, -0.25) is 89.5 Å². The minimum absolute atomic E-state index is 0.0150. The van der Waals surface area contributed by atoms with E-state index in [1.807, 2.05) is 46.5 Å². The number of amides is 2. The number of esters is 1. The number of primary amides is 1. The van der Waals surface area contributed by atoms with E-state index in [4.69, 9.17) is 33.2 Å². The Morgan fingerprint density at radius 1 is 0.578 bits per heavy atom. The predicted molar refractivity (Wildman–Crippen MR) is 409 cm³/mol. The van der Waals surface area contributed by atoms with Crippen molar-refractivity contribution >= 4 is 120 Å². The topological polar surface area (TPSA) is 606 Å². The number of fused-ring (bicyclic) bond motifs is 3. The molecule has 0 spiro atoms. The molecule has 12 N–H and O–H groups in total. The fourth-order valence-electron chi connectivity index (χ4n) is 8.55. The first-order valence-corrected chi connectivity index (χ1v) is 35.7. The Morgan fingerprint density at radius 3 is 1.32 bits per heavy atom. The summed E-state index contributed by atoms with van der Waals surface area (Å²) < 4.78 is 39.1. The lowest BCUT2D eigenvalue weighted by atomic mass is 10.3. The fourth-order valence-corrected chi connectivity index (χ4v) is 11.7. The third-order valence-corrected chi connectivity index (χ3v) is 17.9. The number of anilines is 3. The number of nitrogen functional groups attached to an aromatic ring is 3. The maximum atomic E-state index is 12.4. The number of carbonyl (C=O) groups is 4. The summed E-state index contributed by atoms with van der Waals surface area (Å²) in [5.74, 6) is 2.00. The number of carbonyl (C=O) groups excluding carboxylic acids is 4. The smallest absolute Gasteiger partial charge is 0.332 e. The molecule has 2 amide bonds. The van der Waals surface area contributed by atoms with Gasteiger partial charge in [0.15, 0.2) is 46.1 Å². The summed E-state index contributed by atoms with van der Waals surface area (Å²) in [6.07, 6.45) is 16.8. The normalized spacial score (nSPS) is 10.2. The first kappa shape index (κ1) is 90.5. The van der Waals surface area contributed by atoms with Crippen molar-refractivity contribution in [2.24, 2.45) is 41.0 Å². The van der Waals surface area contributed by atoms with Crippen LogP contribution in [0.3, 0.4) is 0 Å². The molecule has 584 valence electrons. The van der Waals surface area contributed by atoms with E-state index in [9.17, 15) is 66.0 Å². The zero-order valence-corrected chi connectivity index (χ0v) is 64.6. The van der Waals surface area contributed by atoms with Gasteiger partial charge in [-0.15, -0.1) is 40.4 Å². The van der Waals surface area contributed by atoms with Crippen molar-refractivity contribution in [1.29, 1.82) is 0 Å². The minimum Gasteiger partial charge on any atom is -0.465 e. The molecule has 42 nitrogen and oxygen atoms in total. The lowest BCUT2D eigenvalue weighted by Gasteiger charge is -2.08. The largest absolute Gasteiger partial charge is 0.465 e. The van der Waals surface area contributed by atoms with Gasteiger partial charge in [0.2, 0.25) is 0 Å². The molecule has 11 aromatic rings. The quantitative estimate of drug-likeness (QED) is 0.0204. The summed E-state index contributed by atoms with van der Waals surface area (Å²) in [6.45, 7) is 14.6. The Morgan fingerprint density at radius 2 is 0.954 bits per heavy atom. The lowest BCUT2D eigenvalue weighted by molar-refractivity contribution is -0.141. The monoisotopic (exact) mass is 1590 g/mol. The van der Waals surface area contributed by atoms with E-state index >= 15 is 0 Å². The van der Waals surface area contributed by atoms with Gasteiger partial charge >= 0.3 is 40.4 Å². The van der Waals surface area contributed by atoms with E-state index in [2.05, 4.69) is 80.7 Å². The van der Waals surface area contributed by atoms with Gasteiger partial charge in [-0.05, 0) is 48.5 Å². The molecule has 46 heteroatoms. The highest BCUT2D eigenvalue weighted by molar-refractivity contribution is 7.86. The molecule has 0 atom stereocenters. The van der Waals surface area contributed by atoms with Crippen molar-refractivity contribution in [2.45, 2.75) is 87.2 Å². The second-order valence-electron chi connectivity index (χ2n) is 21.7. The molecular weight excluding hydrogens is 1510 g/mol. The highest BCUT2D eigenvalue weighted by atomic mass is 32.2. The fraction of sp³-hybridized carbons (Fsp3) is 0.349. The number of urea groups is 1. The van der Waals surface area contributed by atoms with E-state index in [1.54, 1.807) is 55.0 Å². The highest BCUT2D eigenvalue weighted by Crippen LogP contribution is 2.20. The van der Waals surface area contributed by atoms with Gasteiger partial charge in [-0.25, -0.2) is 73.6 Å². The summed E-state index contributed by atoms with van der Waals surface area (Å²) in [5, 5.41) is 5.13. The average Bonchev–Trinajstić information content (AvgIpc) is 1.32. The van der Waals surface area contributed by atoms with Gasteiger partial charge in [0, 0.05) is 133 Å². The molecule has 0 fully saturated rings. The first-order chi connectivity index (χ1) is 51.2. The molecule has 11 rings (SSSR count). The van der Waals surface area contributed by atoms with E-state index in [0.717, 1.165) is 68.2 Å². The van der Waals surface area contributed by atoms with Gasteiger partial charge in [0.1, 0.15) is 23.7 Å². The van der Waals surface area contributed by atoms with Crippen LogP contribution in [0.4, 0.5) is 22.1 Å². The van der Waals surface area contributed by atoms with Crippen molar-refractivity contribution in [3.8, 4) is 12.3 Å². The molecule has 0 aliphatic rings. The number of aromatic nitrogens is 19. The second kappa shape index (κ2) is 43.0. The standard InChI is InChI=1S/2C14H15N5O2S.C8H13NO3S2.C7H6N4O2.C6H8O2.C5H8N4O2.C5H7N3O2.C2H6N2O.C2H2O2/c2*1-8-10(22-9(2)17-8)4-7-19-13(20)11-12(16-6-5-15-11)18(3)14(19)21;1-6-8(13-7(2)9-6)4-5-12-14(3,10)11;1-11-5-4(8-2-3-9-5)6(12)10-7(11)13;1-3-5-6(7)8-4-2;1-9-3(7)2(6)4(10)8-5(9)11;1-8-3(6)2-4(9)7-5(8)10;1-4-2(3)5;3-1-2-4/h2*5-6H,4,7H2,1-3H3;4-5H2,1-3H3;2-3H,1H3,(H,10,12,13);1H,4-5H2,2H3;6-7H2,1H3,(H,8,10,11);2H,6H2,1H3,(H,7,9,10);1H3,(H3,3,4,5);1-2H. The third kappa shape index (κ3) is 27.3. The van der Waals surface area contributed by atoms with Crippen LogP contribution >= 0.6 is 34.0 Å². The minimum atomic E-state index is -3.32. The number of thiazole rings is 3. The number of rotatable bonds is 13. The molecule has 0 saturated carbocycles. The third-order valence-electron chi connectivity index (χ3n) is 13.9. The number of aromatic amines is 3. The van der Waals surface area contributed by atoms with Crippen LogP contribution in [0.2, 0.25) is 0 Å². The molecule has 0 saturated heterocycles. The Bertz CT molecular complexity index is 5650. The number of nitrogens with one attached hydrogen (secondary N) is 4. The van der Waals surface area contributed by atoms with Crippen molar-refractivity contribution < 1.29 is 36.5 Å². The molecule has 11 aromatic heterocycles. The van der Waals surface area contributed by atoms with Crippen LogP contribution in [0.15, 0.2) is 91.2 Å². The van der Waals surface area contributed by atoms with Crippen LogP contribution in [0.25, 0.3) is 33.5 Å². The van der Waals surface area contributed by atoms with Gasteiger partial charge < -0.3 is 33.0 Å². The van der Waals surface area contributed by atoms with Crippen molar-refractivity contribution in [2.75, 3.05) is 43.7 Å². The SMILES string of the molecule is C#CCC(=O)OCC.CNC(N)=O.Cc1nc(C)c(CCOS(C)(=O)=O)s1.Cc1nc(C)c(CCn2c(=O)c3nccnc3n(C)c2=O)s1.Cc1nc(C)c(CCn2c(=O)c3nccnc3n(C)c2=O)s1.Cn1c(=O)[nH]c(=O)c2nccnc21.Cn1c(N)c(N)c(=O)[nH]c1=O.Cn1c(N)cc(=O)[nH]c1=O.O=CC=O. The van der Waals surface area contributed by atoms with E-state index in [1.165, 1.54) is 88.2 Å². The number of nitrogens with zero attached hydrogens (tertiary/aromatic N) is 16. The number of aldehydes is 2. The molecule has 11 heterocycles. The van der Waals surface area contributed by atoms with Crippen LogP contribution in [0.5, 0.6) is 0 Å². The van der Waals surface area contributed by atoms with Gasteiger partial charge in [0.05, 0.1) is 51.6 Å². The summed E-state index contributed by atoms with van der Waals surface area (Å²) in [5.41, 5.74) is 19.8. The molecule has 0 aliphatic heterocycles. The van der Waals surface area contributed by atoms with E-state index < -0.39 is 61.0 Å². The molecule has 0 aromatic carbocycles. The first-order valence-electron chi connectivity index (χ1n) is 31.4. The number of terminal acetylenes is 1. The van der Waals surface area contributed by atoms with Crippen LogP contribution in [-0.2, 0) is 101 Å². The Balaban J connectivity index is 0.000000331. The summed E-state index contributed by atoms with van der Waals surface area (Å²) in [4.78, 5) is 198. The molecule has 0 bridgehead atoms. The summed E-state index contributed by atoms with van der Waals surface area (Å²) >= 11 is 4.76. The maximum absolute atomic E-state index is 12.4. The molecule has 0 aliphatic carbocycles. The zero-order valence-electron chi connectivity index (χ0n) is 61.4. The number of H-pyrrole nitrogens is 3. The number of aryl methyl sites for hydroxylation is 11. The maximum Gasteiger partial charge on any atom is 0.332 e. The van der Waals surface area contributed by atoms with E-state index in [0.29, 0.717) is 50.3 Å². The van der Waals surface area contributed by atoms with Crippen LogP contribution in [0, 0.1) is 53.9 Å². The van der Waals surface area contributed by atoms with Gasteiger partial charge in [0.25, 0.3) is 37.9 Å². The van der Waals surface area contributed by atoms with E-state index in [-0.39, 0.29) is 82.5 Å². The Labute approximate surface area is 628 Å². The summed E-state index contributed by atoms with van der Waals surface area (Å²) in [6, 6.07) is 0.659. The van der Waals surface area contributed by atoms with Gasteiger partial charge in [-0.2, -0.15) is 8.42 Å². The molecule has 0 unspecified atom stereocenters. The predicted octanol–water partition coefficient (Wildman–Crippen LogP) is -1.96. The molecule has 0 radical (unpaired) electrons. The Hall–Kier alpha value is -12.7. The number of ether oxygens (including phenoxy) is 1. The second-order valence-corrected chi connectivity index (χ2v) is 27.2. The average molecular weight is 1590 g/mol. The van der Waals surface area contributed by atoms with Crippen molar-refractivity contribution in [1.82, 2.24) is 97.1 Å². The number of hydrogen-bond donors (Lipinski definition) is 8. The summed E-state index contributed by atoms with van der Waals surface area (Å²) in [7, 11) is 5.77. The van der Waals surface area contributed by atoms with Crippen LogP contribution in [0.1, 0.15) is 60.1 Å². The van der Waals surface area contributed by atoms with Crippen LogP contribution < -0.4 is 84.5 Å². The lowest BCUT2D eigenvalue weighted by Crippen LogP contribution is -2.40. The van der Waals surface area contributed by atoms with Crippen molar-refractivity contribution in [3.05, 3.63) is 194 Å². The van der Waals surface area contributed by atoms with Crippen molar-refractivity contribution in [3.63, 3.8) is 0 Å². The van der Waals surface area contributed by atoms with Crippen LogP contribution in [-0.4, -0.2) is 151 Å². The Kier molecular flexibility index (Phi) is 35.7. The molecule has 109 heavy (non-hydrogen) atoms. The zero-order chi connectivity index (χ0) is 82.3. The number of hydrogen-bond acceptors (Lipinski definition) is 33.